The van der Waals surface area contributed by atoms with Gasteiger partial charge >= 0.3 is 7.82 Å². The molecule has 0 saturated heterocycles. The van der Waals surface area contributed by atoms with Crippen LogP contribution in [0.4, 0.5) is 0 Å². The van der Waals surface area contributed by atoms with Gasteiger partial charge in [-0.3, -0.25) is 0 Å². The van der Waals surface area contributed by atoms with Gasteiger partial charge < -0.3 is 9.05 Å². The summed E-state index contributed by atoms with van der Waals surface area (Å²) in [6.07, 6.45) is 3.92. The highest BCUT2D eigenvalue weighted by Crippen LogP contribution is 2.53. The maximum atomic E-state index is 13.6. The Labute approximate surface area is 212 Å². The summed E-state index contributed by atoms with van der Waals surface area (Å²) in [7, 11) is -4.12. The molecule has 4 atom stereocenters. The Kier molecular flexibility index (Phi) is 11.0. The predicted molar refractivity (Wildman–Crippen MR) is 144 cm³/mol. The summed E-state index contributed by atoms with van der Waals surface area (Å²) in [6.45, 7) is 17.2. The molecular weight excluding hydrogens is 467 g/mol. The smallest absolute Gasteiger partial charge is 0.394 e. The van der Waals surface area contributed by atoms with E-state index >= 15 is 0 Å². The predicted octanol–water partition coefficient (Wildman–Crippen LogP) is 10.5. The molecule has 0 amide bonds. The molecule has 0 aliphatic heterocycles. The van der Waals surface area contributed by atoms with Crippen molar-refractivity contribution in [3.8, 4) is 11.5 Å². The third-order valence-corrected chi connectivity index (χ3v) is 8.74. The van der Waals surface area contributed by atoms with Crippen molar-refractivity contribution in [2.75, 3.05) is 0 Å². The Morgan fingerprint density at radius 2 is 1.03 bits per heavy atom. The molecule has 0 saturated carbocycles. The van der Waals surface area contributed by atoms with E-state index in [1.54, 1.807) is 0 Å². The van der Waals surface area contributed by atoms with Gasteiger partial charge in [-0.05, 0) is 83.7 Å². The Balaban J connectivity index is 2.46. The van der Waals surface area contributed by atoms with E-state index < -0.39 is 7.82 Å². The van der Waals surface area contributed by atoms with Crippen LogP contribution < -0.4 is 9.05 Å². The molecule has 6 heteroatoms. The van der Waals surface area contributed by atoms with E-state index in [9.17, 15) is 4.57 Å². The first-order chi connectivity index (χ1) is 16.1. The second kappa shape index (κ2) is 13.0. The lowest BCUT2D eigenvalue weighted by Gasteiger charge is -2.24. The van der Waals surface area contributed by atoms with Crippen molar-refractivity contribution in [2.24, 2.45) is 0 Å². The fraction of sp³-hybridized carbons (Fsp3) is 0.571. The monoisotopic (exact) mass is 508 g/mol. The van der Waals surface area contributed by atoms with Crippen molar-refractivity contribution in [1.29, 1.82) is 0 Å². The molecule has 0 fully saturated rings. The quantitative estimate of drug-likeness (QED) is 0.252. The first kappa shape index (κ1) is 28.8. The second-order valence-corrected chi connectivity index (χ2v) is 11.3. The van der Waals surface area contributed by atoms with E-state index in [-0.39, 0.29) is 11.8 Å². The first-order valence-electron chi connectivity index (χ1n) is 12.7. The van der Waals surface area contributed by atoms with E-state index in [0.717, 1.165) is 36.8 Å². The van der Waals surface area contributed by atoms with Crippen LogP contribution in [0.25, 0.3) is 0 Å². The van der Waals surface area contributed by atoms with Crippen molar-refractivity contribution < 1.29 is 17.7 Å². The van der Waals surface area contributed by atoms with Crippen LogP contribution in [0.2, 0.25) is 0 Å². The van der Waals surface area contributed by atoms with Gasteiger partial charge in [-0.1, -0.05) is 79.7 Å². The van der Waals surface area contributed by atoms with Gasteiger partial charge in [0.2, 0.25) is 0 Å². The van der Waals surface area contributed by atoms with Crippen molar-refractivity contribution in [2.45, 2.75) is 105 Å². The number of halogens is 1. The summed E-state index contributed by atoms with van der Waals surface area (Å²) >= 11 is 5.74. The number of phosphoric ester groups is 1. The molecule has 0 radical (unpaired) electrons. The van der Waals surface area contributed by atoms with Crippen LogP contribution in [-0.4, -0.2) is 0 Å². The zero-order valence-electron chi connectivity index (χ0n) is 22.1. The van der Waals surface area contributed by atoms with Gasteiger partial charge in [0.25, 0.3) is 0 Å². The molecule has 2 aromatic rings. The Morgan fingerprint density at radius 3 is 1.32 bits per heavy atom. The Morgan fingerprint density at radius 1 is 0.676 bits per heavy atom. The Bertz CT molecular complexity index is 903. The molecule has 2 rings (SSSR count). The molecule has 0 N–H and O–H groups in total. The fourth-order valence-corrected chi connectivity index (χ4v) is 4.96. The number of benzene rings is 2. The molecule has 0 aliphatic rings. The highest BCUT2D eigenvalue weighted by molar-refractivity contribution is 7.50. The minimum Gasteiger partial charge on any atom is -0.394 e. The van der Waals surface area contributed by atoms with Gasteiger partial charge in [-0.2, -0.15) is 4.08 Å². The summed E-state index contributed by atoms with van der Waals surface area (Å²) in [6, 6.07) is 12.0. The van der Waals surface area contributed by atoms with Crippen molar-refractivity contribution in [3.63, 3.8) is 0 Å². The summed E-state index contributed by atoms with van der Waals surface area (Å²) in [5.74, 6) is 2.23. The van der Waals surface area contributed by atoms with Gasteiger partial charge in [0.15, 0.2) is 0 Å². The summed E-state index contributed by atoms with van der Waals surface area (Å²) in [5, 5.41) is 0. The minimum absolute atomic E-state index is 0.216. The zero-order chi connectivity index (χ0) is 25.5. The standard InChI is InChI=1S/C28H42ClO4P/c1-9-19(5)23-13-15-27(25(17-23)21(7)11-3)31-34(30,33-29)32-28-16-14-24(20(6)10-2)18-26(28)22(8)12-4/h13-22H,9-12H2,1-8H3. The van der Waals surface area contributed by atoms with Gasteiger partial charge in [-0.25, -0.2) is 4.57 Å². The molecule has 4 nitrogen and oxygen atoms in total. The average Bonchev–Trinajstić information content (AvgIpc) is 2.87. The lowest BCUT2D eigenvalue weighted by atomic mass is 9.91. The summed E-state index contributed by atoms with van der Waals surface area (Å²) in [5.41, 5.74) is 4.42. The lowest BCUT2D eigenvalue weighted by Crippen LogP contribution is -2.07. The van der Waals surface area contributed by atoms with Gasteiger partial charge in [0.05, 0.1) is 11.9 Å². The third-order valence-electron chi connectivity index (χ3n) is 7.22. The molecule has 190 valence electrons. The number of rotatable bonds is 13. The van der Waals surface area contributed by atoms with Crippen molar-refractivity contribution in [1.82, 2.24) is 0 Å². The largest absolute Gasteiger partial charge is 0.604 e. The van der Waals surface area contributed by atoms with E-state index in [4.69, 9.17) is 25.0 Å². The van der Waals surface area contributed by atoms with Crippen LogP contribution >= 0.6 is 19.7 Å². The van der Waals surface area contributed by atoms with Crippen LogP contribution in [0.3, 0.4) is 0 Å². The lowest BCUT2D eigenvalue weighted by molar-refractivity contribution is 0.304. The van der Waals surface area contributed by atoms with Crippen LogP contribution in [0.1, 0.15) is 127 Å². The molecule has 34 heavy (non-hydrogen) atoms. The van der Waals surface area contributed by atoms with Gasteiger partial charge in [0.1, 0.15) is 11.5 Å². The number of hydrogen-bond acceptors (Lipinski definition) is 4. The Hall–Kier alpha value is -1.48. The van der Waals surface area contributed by atoms with Crippen LogP contribution in [0.5, 0.6) is 11.5 Å². The fourth-order valence-electron chi connectivity index (χ4n) is 3.88. The SMILES string of the molecule is CCC(C)c1ccc(OP(=O)(OCl)Oc2ccc(C(C)CC)cc2C(C)CC)c(C(C)CC)c1. The van der Waals surface area contributed by atoms with Crippen molar-refractivity contribution >= 4 is 19.7 Å². The summed E-state index contributed by atoms with van der Waals surface area (Å²) < 4.78 is 30.3. The van der Waals surface area contributed by atoms with Gasteiger partial charge in [0, 0.05) is 0 Å². The molecule has 4 unspecified atom stereocenters. The molecule has 0 aliphatic carbocycles. The zero-order valence-corrected chi connectivity index (χ0v) is 23.7. The molecule has 0 heterocycles. The normalized spacial score (nSPS) is 16.9. The van der Waals surface area contributed by atoms with Crippen LogP contribution in [-0.2, 0) is 8.64 Å². The average molecular weight is 509 g/mol. The molecule has 0 bridgehead atoms. The van der Waals surface area contributed by atoms with E-state index in [2.05, 4.69) is 67.5 Å². The highest BCUT2D eigenvalue weighted by atomic mass is 35.5. The van der Waals surface area contributed by atoms with Crippen LogP contribution in [0.15, 0.2) is 36.4 Å². The second-order valence-electron chi connectivity index (χ2n) is 9.53. The summed E-state index contributed by atoms with van der Waals surface area (Å²) in [4.78, 5) is 0. The first-order valence-corrected chi connectivity index (χ1v) is 14.5. The number of hydrogen-bond donors (Lipinski definition) is 0. The number of phosphoric acid groups is 1. The van der Waals surface area contributed by atoms with Crippen molar-refractivity contribution in [3.05, 3.63) is 58.7 Å². The molecule has 0 aromatic heterocycles. The maximum absolute atomic E-state index is 13.6. The highest BCUT2D eigenvalue weighted by Gasteiger charge is 2.34. The minimum atomic E-state index is -4.12. The van der Waals surface area contributed by atoms with Crippen LogP contribution in [0, 0.1) is 0 Å². The topological polar surface area (TPSA) is 44.8 Å². The molecular formula is C28H42ClO4P. The van der Waals surface area contributed by atoms with E-state index in [1.807, 2.05) is 24.3 Å². The van der Waals surface area contributed by atoms with E-state index in [1.165, 1.54) is 11.1 Å². The molecule has 0 spiro atoms. The van der Waals surface area contributed by atoms with Gasteiger partial charge in [-0.15, -0.1) is 0 Å². The third kappa shape index (κ3) is 7.03. The van der Waals surface area contributed by atoms with E-state index in [0.29, 0.717) is 23.3 Å². The molecule has 2 aromatic carbocycles. The maximum Gasteiger partial charge on any atom is 0.604 e.